The van der Waals surface area contributed by atoms with E-state index in [1.807, 2.05) is 11.3 Å². The first-order valence-electron chi connectivity index (χ1n) is 8.74. The monoisotopic (exact) mass is 343 g/mol. The maximum absolute atomic E-state index is 12.4. The van der Waals surface area contributed by atoms with Crippen molar-refractivity contribution in [1.29, 1.82) is 0 Å². The van der Waals surface area contributed by atoms with Crippen molar-refractivity contribution in [3.05, 3.63) is 34.0 Å². The summed E-state index contributed by atoms with van der Waals surface area (Å²) >= 11 is 1.83. The minimum Gasteiger partial charge on any atom is -0.347 e. The van der Waals surface area contributed by atoms with Crippen LogP contribution in [0.3, 0.4) is 0 Å². The number of nitrogens with one attached hydrogen (secondary N) is 1. The number of hydrogen-bond donors (Lipinski definition) is 1. The molecular formula is C17H21N5OS. The molecule has 6 nitrogen and oxygen atoms in total. The molecule has 1 saturated heterocycles. The summed E-state index contributed by atoms with van der Waals surface area (Å²) < 4.78 is 2.06. The Balaban J connectivity index is 1.30. The van der Waals surface area contributed by atoms with Crippen LogP contribution in [0.4, 0.5) is 0 Å². The van der Waals surface area contributed by atoms with Gasteiger partial charge in [-0.1, -0.05) is 6.07 Å². The van der Waals surface area contributed by atoms with Crippen molar-refractivity contribution in [2.24, 2.45) is 11.8 Å². The molecule has 2 atom stereocenters. The van der Waals surface area contributed by atoms with Crippen molar-refractivity contribution in [3.8, 4) is 0 Å². The summed E-state index contributed by atoms with van der Waals surface area (Å²) in [5, 5.41) is 13.7. The van der Waals surface area contributed by atoms with Gasteiger partial charge in [0.1, 0.15) is 5.82 Å². The standard InChI is InChI=1S/C17H21N5OS/c23-17(18-13-3-4-13)16-20-19-15-6-11-7-21(8-12(11)9-22(15)16)10-14-2-1-5-24-14/h1-2,5,11-13H,3-4,6-10H2,(H,18,23)/t11-,12-/m1/s1. The fourth-order valence-electron chi connectivity index (χ4n) is 4.02. The smallest absolute Gasteiger partial charge is 0.289 e. The van der Waals surface area contributed by atoms with Crippen molar-refractivity contribution in [2.75, 3.05) is 13.1 Å². The molecule has 0 spiro atoms. The van der Waals surface area contributed by atoms with Gasteiger partial charge in [0.05, 0.1) is 0 Å². The number of thiophene rings is 1. The average Bonchev–Trinajstić information content (AvgIpc) is 2.99. The lowest BCUT2D eigenvalue weighted by molar-refractivity contribution is 0.0932. The van der Waals surface area contributed by atoms with E-state index in [4.69, 9.17) is 0 Å². The Morgan fingerprint density at radius 2 is 2.12 bits per heavy atom. The Morgan fingerprint density at radius 1 is 1.25 bits per heavy atom. The molecule has 1 aliphatic carbocycles. The number of rotatable bonds is 4. The zero-order chi connectivity index (χ0) is 16.1. The van der Waals surface area contributed by atoms with Gasteiger partial charge in [-0.15, -0.1) is 21.5 Å². The fourth-order valence-corrected chi connectivity index (χ4v) is 4.76. The number of amides is 1. The zero-order valence-electron chi connectivity index (χ0n) is 13.5. The van der Waals surface area contributed by atoms with Crippen LogP contribution in [0, 0.1) is 11.8 Å². The SMILES string of the molecule is O=C(NC1CC1)c1nnc2n1C[C@H]1CN(Cc3cccs3)C[C@H]1C2. The van der Waals surface area contributed by atoms with Crippen LogP contribution in [-0.4, -0.2) is 44.7 Å². The molecule has 0 radical (unpaired) electrons. The minimum atomic E-state index is -0.0526. The summed E-state index contributed by atoms with van der Waals surface area (Å²) in [6, 6.07) is 4.69. The fraction of sp³-hybridized carbons (Fsp3) is 0.588. The first-order chi connectivity index (χ1) is 11.8. The van der Waals surface area contributed by atoms with Crippen molar-refractivity contribution in [3.63, 3.8) is 0 Å². The van der Waals surface area contributed by atoms with Crippen molar-refractivity contribution in [1.82, 2.24) is 25.0 Å². The largest absolute Gasteiger partial charge is 0.347 e. The highest BCUT2D eigenvalue weighted by molar-refractivity contribution is 7.09. The molecule has 2 aliphatic heterocycles. The number of nitrogens with zero attached hydrogens (tertiary/aromatic N) is 4. The van der Waals surface area contributed by atoms with Gasteiger partial charge in [-0.05, 0) is 36.1 Å². The van der Waals surface area contributed by atoms with E-state index in [-0.39, 0.29) is 5.91 Å². The van der Waals surface area contributed by atoms with Crippen LogP contribution in [0.1, 0.15) is 34.2 Å². The maximum Gasteiger partial charge on any atom is 0.289 e. The van der Waals surface area contributed by atoms with E-state index in [1.165, 1.54) is 4.88 Å². The molecule has 0 bridgehead atoms. The zero-order valence-corrected chi connectivity index (χ0v) is 14.3. The van der Waals surface area contributed by atoms with Gasteiger partial charge in [-0.3, -0.25) is 9.69 Å². The van der Waals surface area contributed by atoms with Crippen LogP contribution in [0.2, 0.25) is 0 Å². The van der Waals surface area contributed by atoms with Gasteiger partial charge in [0.25, 0.3) is 5.91 Å². The average molecular weight is 343 g/mol. The number of hydrogen-bond acceptors (Lipinski definition) is 5. The molecule has 0 aromatic carbocycles. The van der Waals surface area contributed by atoms with Gasteiger partial charge in [0, 0.05) is 43.5 Å². The molecule has 24 heavy (non-hydrogen) atoms. The molecule has 2 aromatic rings. The van der Waals surface area contributed by atoms with Gasteiger partial charge >= 0.3 is 0 Å². The third-order valence-electron chi connectivity index (χ3n) is 5.42. The maximum atomic E-state index is 12.4. The molecule has 4 heterocycles. The molecule has 3 aliphatic rings. The molecule has 5 rings (SSSR count). The number of fused-ring (bicyclic) bond motifs is 2. The Morgan fingerprint density at radius 3 is 2.92 bits per heavy atom. The second-order valence-corrected chi connectivity index (χ2v) is 8.33. The summed E-state index contributed by atoms with van der Waals surface area (Å²) in [5.41, 5.74) is 0. The number of likely N-dealkylation sites (tertiary alicyclic amines) is 1. The summed E-state index contributed by atoms with van der Waals surface area (Å²) in [6.07, 6.45) is 3.12. The van der Waals surface area contributed by atoms with E-state index in [1.54, 1.807) is 0 Å². The van der Waals surface area contributed by atoms with Gasteiger partial charge < -0.3 is 9.88 Å². The molecule has 126 valence electrons. The molecule has 7 heteroatoms. The predicted octanol–water partition coefficient (Wildman–Crippen LogP) is 1.54. The van der Waals surface area contributed by atoms with Gasteiger partial charge in [0.2, 0.25) is 5.82 Å². The molecular weight excluding hydrogens is 322 g/mol. The van der Waals surface area contributed by atoms with Crippen LogP contribution in [0.15, 0.2) is 17.5 Å². The Hall–Kier alpha value is -1.73. The van der Waals surface area contributed by atoms with E-state index in [2.05, 4.69) is 42.5 Å². The quantitative estimate of drug-likeness (QED) is 0.915. The van der Waals surface area contributed by atoms with Crippen LogP contribution in [0.25, 0.3) is 0 Å². The molecule has 2 aromatic heterocycles. The highest BCUT2D eigenvalue weighted by Crippen LogP contribution is 2.33. The van der Waals surface area contributed by atoms with Crippen molar-refractivity contribution >= 4 is 17.2 Å². The van der Waals surface area contributed by atoms with E-state index in [9.17, 15) is 4.79 Å². The Bertz CT molecular complexity index is 751. The first-order valence-corrected chi connectivity index (χ1v) is 9.62. The third kappa shape index (κ3) is 2.65. The third-order valence-corrected chi connectivity index (χ3v) is 6.28. The van der Waals surface area contributed by atoms with Crippen LogP contribution in [-0.2, 0) is 19.5 Å². The van der Waals surface area contributed by atoms with E-state index >= 15 is 0 Å². The Labute approximate surface area is 144 Å². The van der Waals surface area contributed by atoms with Crippen LogP contribution < -0.4 is 5.32 Å². The second-order valence-electron chi connectivity index (χ2n) is 7.30. The summed E-state index contributed by atoms with van der Waals surface area (Å²) in [7, 11) is 0. The normalized spacial score (nSPS) is 26.2. The van der Waals surface area contributed by atoms with Gasteiger partial charge in [-0.2, -0.15) is 0 Å². The molecule has 1 N–H and O–H groups in total. The summed E-state index contributed by atoms with van der Waals surface area (Å²) in [6.45, 7) is 4.14. The number of carbonyl (C=O) groups excluding carboxylic acids is 1. The molecule has 2 fully saturated rings. The van der Waals surface area contributed by atoms with E-state index in [0.717, 1.165) is 51.3 Å². The summed E-state index contributed by atoms with van der Waals surface area (Å²) in [5.74, 6) is 2.67. The minimum absolute atomic E-state index is 0.0526. The van der Waals surface area contributed by atoms with E-state index < -0.39 is 0 Å². The Kier molecular flexibility index (Phi) is 3.45. The highest BCUT2D eigenvalue weighted by Gasteiger charge is 2.39. The van der Waals surface area contributed by atoms with Crippen molar-refractivity contribution < 1.29 is 4.79 Å². The lowest BCUT2D eigenvalue weighted by Gasteiger charge is -2.25. The van der Waals surface area contributed by atoms with E-state index in [0.29, 0.717) is 23.7 Å². The topological polar surface area (TPSA) is 63.1 Å². The second kappa shape index (κ2) is 5.67. The van der Waals surface area contributed by atoms with Crippen LogP contribution in [0.5, 0.6) is 0 Å². The van der Waals surface area contributed by atoms with Crippen LogP contribution >= 0.6 is 11.3 Å². The number of carbonyl (C=O) groups is 1. The van der Waals surface area contributed by atoms with Crippen molar-refractivity contribution in [2.45, 2.75) is 38.4 Å². The first kappa shape index (κ1) is 14.6. The van der Waals surface area contributed by atoms with Gasteiger partial charge in [0.15, 0.2) is 0 Å². The summed E-state index contributed by atoms with van der Waals surface area (Å²) in [4.78, 5) is 16.3. The molecule has 1 saturated carbocycles. The van der Waals surface area contributed by atoms with Gasteiger partial charge in [-0.25, -0.2) is 0 Å². The lowest BCUT2D eigenvalue weighted by Crippen LogP contribution is -2.33. The lowest BCUT2D eigenvalue weighted by atomic mass is 9.89. The molecule has 1 amide bonds. The predicted molar refractivity (Wildman–Crippen MR) is 90.8 cm³/mol. The highest BCUT2D eigenvalue weighted by atomic mass is 32.1. The molecule has 0 unspecified atom stereocenters. The number of aromatic nitrogens is 3.